The van der Waals surface area contributed by atoms with Gasteiger partial charge in [0.05, 0.1) is 21.4 Å². The second kappa shape index (κ2) is 11.9. The van der Waals surface area contributed by atoms with Crippen LogP contribution in [0.1, 0.15) is 43.2 Å². The number of anilines is 2. The lowest BCUT2D eigenvalue weighted by Gasteiger charge is -2.36. The van der Waals surface area contributed by atoms with Crippen LogP contribution in [0, 0.1) is 23.0 Å². The van der Waals surface area contributed by atoms with Gasteiger partial charge in [-0.15, -0.1) is 11.3 Å². The van der Waals surface area contributed by atoms with Gasteiger partial charge in [-0.05, 0) is 43.5 Å². The van der Waals surface area contributed by atoms with Gasteiger partial charge in [0.25, 0.3) is 0 Å². The first-order valence-corrected chi connectivity index (χ1v) is 16.5. The molecule has 3 fully saturated rings. The normalized spacial score (nSPS) is 23.0. The smallest absolute Gasteiger partial charge is 0.417 e. The summed E-state index contributed by atoms with van der Waals surface area (Å²) in [6.07, 6.45) is -3.95. The number of carbonyl (C=O) groups excluding carboxylic acids is 1. The van der Waals surface area contributed by atoms with Gasteiger partial charge in [0, 0.05) is 62.4 Å². The molecule has 3 unspecified atom stereocenters. The monoisotopic (exact) mass is 703 g/mol. The minimum absolute atomic E-state index is 0.0256. The van der Waals surface area contributed by atoms with Gasteiger partial charge in [-0.3, -0.25) is 9.69 Å². The van der Waals surface area contributed by atoms with Crippen molar-refractivity contribution in [3.05, 3.63) is 41.0 Å². The quantitative estimate of drug-likeness (QED) is 0.234. The fourth-order valence-electron chi connectivity index (χ4n) is 7.60. The molecule has 0 aliphatic carbocycles. The van der Waals surface area contributed by atoms with Gasteiger partial charge in [-0.25, -0.2) is 13.2 Å². The van der Waals surface area contributed by atoms with E-state index in [0.717, 1.165) is 24.6 Å². The van der Waals surface area contributed by atoms with E-state index in [1.165, 1.54) is 4.90 Å². The number of thiophene rings is 1. The Hall–Kier alpha value is -4.36. The van der Waals surface area contributed by atoms with Crippen LogP contribution in [0.2, 0.25) is 0 Å². The highest BCUT2D eigenvalue weighted by atomic mass is 32.1. The third-order valence-corrected chi connectivity index (χ3v) is 11.2. The van der Waals surface area contributed by atoms with E-state index in [-0.39, 0.29) is 75.3 Å². The lowest BCUT2D eigenvalue weighted by atomic mass is 9.92. The van der Waals surface area contributed by atoms with Crippen LogP contribution >= 0.6 is 11.3 Å². The Labute approximate surface area is 280 Å². The van der Waals surface area contributed by atoms with Crippen molar-refractivity contribution in [2.75, 3.05) is 51.0 Å². The van der Waals surface area contributed by atoms with Crippen LogP contribution in [0.15, 0.2) is 18.2 Å². The SMILES string of the molecule is CN1CCC(N(C)c2nc(OCC34CCCN3CC(F)C4)nc3c(F)c(-c4ccc(F)c5sc(N)c(C#N)c45)c(C(F)(F)F)cc23)CC1=O. The summed E-state index contributed by atoms with van der Waals surface area (Å²) < 4.78 is 97.0. The van der Waals surface area contributed by atoms with Crippen molar-refractivity contribution < 1.29 is 35.9 Å². The second-order valence-electron chi connectivity index (χ2n) is 13.0. The highest BCUT2D eigenvalue weighted by molar-refractivity contribution is 7.23. The molecule has 3 saturated heterocycles. The molecule has 3 atom stereocenters. The lowest BCUT2D eigenvalue weighted by Crippen LogP contribution is -2.45. The van der Waals surface area contributed by atoms with Gasteiger partial charge >= 0.3 is 12.2 Å². The number of nitriles is 1. The standard InChI is InChI=1S/C33H31F6N7O2S/c1-44-9-6-17(10-23(44)47)45(2)30-19-11-21(33(37,38)39)25(18-4-5-22(35)28-24(18)20(13-40)29(41)49-28)26(36)27(19)42-31(43-30)48-15-32-7-3-8-46(32)14-16(34)12-32/h4-5,11,16-17H,3,6-10,12,14-15,41H2,1-2H3. The number of hydrogen-bond acceptors (Lipinski definition) is 9. The molecule has 3 aliphatic rings. The van der Waals surface area contributed by atoms with Crippen molar-refractivity contribution in [2.45, 2.75) is 56.0 Å². The summed E-state index contributed by atoms with van der Waals surface area (Å²) in [4.78, 5) is 26.5. The van der Waals surface area contributed by atoms with E-state index in [2.05, 4.69) is 9.97 Å². The molecule has 9 nitrogen and oxygen atoms in total. The molecule has 0 spiro atoms. The lowest BCUT2D eigenvalue weighted by molar-refractivity contribution is -0.137. The third-order valence-electron chi connectivity index (χ3n) is 10.1. The molecule has 0 saturated carbocycles. The molecule has 49 heavy (non-hydrogen) atoms. The molecular formula is C33H31F6N7O2S. The summed E-state index contributed by atoms with van der Waals surface area (Å²) in [5.74, 6) is -2.48. The van der Waals surface area contributed by atoms with Crippen molar-refractivity contribution in [3.8, 4) is 23.2 Å². The summed E-state index contributed by atoms with van der Waals surface area (Å²) in [6.45, 7) is 1.30. The topological polar surface area (TPSA) is 112 Å². The number of nitrogen functional groups attached to an aromatic ring is 1. The minimum Gasteiger partial charge on any atom is -0.461 e. The second-order valence-corrected chi connectivity index (χ2v) is 14.1. The number of ether oxygens (including phenoxy) is 1. The minimum atomic E-state index is -5.12. The van der Waals surface area contributed by atoms with Gasteiger partial charge in [-0.1, -0.05) is 6.07 Å². The van der Waals surface area contributed by atoms with Crippen molar-refractivity contribution >= 4 is 49.1 Å². The van der Waals surface area contributed by atoms with E-state index in [9.17, 15) is 32.0 Å². The largest absolute Gasteiger partial charge is 0.461 e. The zero-order valence-electron chi connectivity index (χ0n) is 26.5. The van der Waals surface area contributed by atoms with E-state index in [1.54, 1.807) is 19.0 Å². The number of amides is 1. The number of alkyl halides is 4. The van der Waals surface area contributed by atoms with Crippen LogP contribution in [0.3, 0.4) is 0 Å². The molecule has 2 aromatic carbocycles. The van der Waals surface area contributed by atoms with E-state index in [0.29, 0.717) is 37.3 Å². The maximum atomic E-state index is 17.0. The maximum Gasteiger partial charge on any atom is 0.417 e. The zero-order chi connectivity index (χ0) is 35.0. The number of hydrogen-bond donors (Lipinski definition) is 1. The molecule has 16 heteroatoms. The molecule has 2 N–H and O–H groups in total. The summed E-state index contributed by atoms with van der Waals surface area (Å²) in [5, 5.41) is 9.14. The molecule has 0 radical (unpaired) electrons. The van der Waals surface area contributed by atoms with Gasteiger partial charge in [0.1, 0.15) is 41.0 Å². The molecule has 7 rings (SSSR count). The van der Waals surface area contributed by atoms with E-state index >= 15 is 4.39 Å². The number of halogens is 6. The predicted molar refractivity (Wildman–Crippen MR) is 172 cm³/mol. The number of rotatable bonds is 6. The average Bonchev–Trinajstić information content (AvgIpc) is 3.70. The summed E-state index contributed by atoms with van der Waals surface area (Å²) in [7, 11) is 3.21. The Morgan fingerprint density at radius 1 is 1.24 bits per heavy atom. The summed E-state index contributed by atoms with van der Waals surface area (Å²) in [6, 6.07) is 3.62. The fraction of sp³-hybridized carbons (Fsp3) is 0.455. The van der Waals surface area contributed by atoms with Crippen molar-refractivity contribution in [3.63, 3.8) is 0 Å². The van der Waals surface area contributed by atoms with Crippen LogP contribution in [-0.4, -0.2) is 83.8 Å². The number of carbonyl (C=O) groups is 1. The Balaban J connectivity index is 1.45. The first-order chi connectivity index (χ1) is 23.2. The van der Waals surface area contributed by atoms with Crippen LogP contribution in [-0.2, 0) is 11.0 Å². The highest BCUT2D eigenvalue weighted by Gasteiger charge is 2.49. The van der Waals surface area contributed by atoms with Crippen LogP contribution < -0.4 is 15.4 Å². The van der Waals surface area contributed by atoms with Gasteiger partial charge in [-0.2, -0.15) is 28.4 Å². The van der Waals surface area contributed by atoms with E-state index < -0.39 is 52.2 Å². The summed E-state index contributed by atoms with van der Waals surface area (Å²) >= 11 is 0.675. The molecular weight excluding hydrogens is 672 g/mol. The van der Waals surface area contributed by atoms with Crippen LogP contribution in [0.4, 0.5) is 37.2 Å². The average molecular weight is 704 g/mol. The number of piperidine rings is 1. The van der Waals surface area contributed by atoms with Crippen LogP contribution in [0.25, 0.3) is 32.1 Å². The first kappa shape index (κ1) is 33.2. The van der Waals surface area contributed by atoms with Gasteiger partial charge < -0.3 is 20.3 Å². The van der Waals surface area contributed by atoms with Gasteiger partial charge in [0.15, 0.2) is 5.82 Å². The van der Waals surface area contributed by atoms with E-state index in [4.69, 9.17) is 10.5 Å². The molecule has 0 bridgehead atoms. The Morgan fingerprint density at radius 2 is 2.02 bits per heavy atom. The number of likely N-dealkylation sites (tertiary alicyclic amines) is 1. The van der Waals surface area contributed by atoms with Crippen LogP contribution in [0.5, 0.6) is 6.01 Å². The Bertz CT molecular complexity index is 2050. The molecule has 1 amide bonds. The number of aromatic nitrogens is 2. The molecule has 5 heterocycles. The predicted octanol–water partition coefficient (Wildman–Crippen LogP) is 6.27. The number of fused-ring (bicyclic) bond motifs is 3. The van der Waals surface area contributed by atoms with Crippen molar-refractivity contribution in [2.24, 2.45) is 0 Å². The summed E-state index contributed by atoms with van der Waals surface area (Å²) in [5.41, 5.74) is 1.81. The van der Waals surface area contributed by atoms with Crippen molar-refractivity contribution in [1.82, 2.24) is 19.8 Å². The Morgan fingerprint density at radius 3 is 2.73 bits per heavy atom. The maximum absolute atomic E-state index is 17.0. The molecule has 3 aliphatic heterocycles. The van der Waals surface area contributed by atoms with Crippen molar-refractivity contribution in [1.29, 1.82) is 5.26 Å². The first-order valence-electron chi connectivity index (χ1n) is 15.7. The van der Waals surface area contributed by atoms with Gasteiger partial charge in [0.2, 0.25) is 5.91 Å². The highest BCUT2D eigenvalue weighted by Crippen LogP contribution is 2.48. The zero-order valence-corrected chi connectivity index (χ0v) is 27.3. The molecule has 4 aromatic rings. The third kappa shape index (κ3) is 5.47. The Kier molecular flexibility index (Phi) is 8.05. The number of nitrogens with two attached hydrogens (primary N) is 1. The number of nitrogens with zero attached hydrogens (tertiary/aromatic N) is 6. The molecule has 258 valence electrons. The molecule has 2 aromatic heterocycles. The van der Waals surface area contributed by atoms with E-state index in [1.807, 2.05) is 11.0 Å². The fourth-order valence-corrected chi connectivity index (χ4v) is 8.55. The number of benzene rings is 2.